The Balaban J connectivity index is 1.50. The van der Waals surface area contributed by atoms with Crippen molar-refractivity contribution in [3.8, 4) is 0 Å². The van der Waals surface area contributed by atoms with Crippen LogP contribution < -0.4 is 0 Å². The number of allylic oxidation sites excluding steroid dienone is 2. The minimum Gasteiger partial charge on any atom is -0.438 e. The lowest BCUT2D eigenvalue weighted by molar-refractivity contribution is -0.181. The summed E-state index contributed by atoms with van der Waals surface area (Å²) in [5.41, 5.74) is -0.328. The fourth-order valence-electron chi connectivity index (χ4n) is 4.89. The zero-order valence-corrected chi connectivity index (χ0v) is 14.2. The second-order valence-electron chi connectivity index (χ2n) is 7.87. The molecule has 3 aliphatic rings. The molecule has 124 valence electrons. The van der Waals surface area contributed by atoms with Crippen molar-refractivity contribution in [1.82, 2.24) is 0 Å². The molecular formula is C19H30O3. The molecule has 0 saturated heterocycles. The van der Waals surface area contributed by atoms with Crippen molar-refractivity contribution >= 4 is 5.97 Å². The van der Waals surface area contributed by atoms with Gasteiger partial charge in [-0.15, -0.1) is 0 Å². The molecule has 0 aromatic rings. The van der Waals surface area contributed by atoms with E-state index in [-0.39, 0.29) is 24.3 Å². The van der Waals surface area contributed by atoms with Gasteiger partial charge in [-0.05, 0) is 56.3 Å². The Labute approximate surface area is 134 Å². The molecule has 22 heavy (non-hydrogen) atoms. The minimum atomic E-state index is -0.328. The minimum absolute atomic E-state index is 0.0686. The van der Waals surface area contributed by atoms with Gasteiger partial charge in [0.1, 0.15) is 0 Å². The van der Waals surface area contributed by atoms with Crippen LogP contribution in [0.5, 0.6) is 0 Å². The van der Waals surface area contributed by atoms with Crippen LogP contribution in [0.15, 0.2) is 12.2 Å². The summed E-state index contributed by atoms with van der Waals surface area (Å²) in [5.74, 6) is 2.05. The zero-order valence-electron chi connectivity index (χ0n) is 14.2. The Kier molecular flexibility index (Phi) is 4.63. The Morgan fingerprint density at radius 1 is 1.32 bits per heavy atom. The quantitative estimate of drug-likeness (QED) is 0.431. The van der Waals surface area contributed by atoms with Crippen molar-refractivity contribution in [3.05, 3.63) is 12.2 Å². The van der Waals surface area contributed by atoms with E-state index in [0.717, 1.165) is 19.3 Å². The second-order valence-corrected chi connectivity index (χ2v) is 7.87. The number of carbonyl (C=O) groups is 1. The molecule has 0 aromatic carbocycles. The van der Waals surface area contributed by atoms with E-state index in [1.54, 1.807) is 0 Å². The standard InChI is InChI=1S/C19H30O3/c1-4-15-7-5-6-13(2)17(15)21-12-22-18(20)19(3)11-14-8-9-16(19)10-14/h8-9,13-17H,4-7,10-12H2,1-3H3. The van der Waals surface area contributed by atoms with Gasteiger partial charge in [-0.25, -0.2) is 0 Å². The summed E-state index contributed by atoms with van der Waals surface area (Å²) >= 11 is 0. The molecule has 0 amide bonds. The first-order valence-corrected chi connectivity index (χ1v) is 9.01. The van der Waals surface area contributed by atoms with E-state index in [4.69, 9.17) is 9.47 Å². The average molecular weight is 306 g/mol. The van der Waals surface area contributed by atoms with Gasteiger partial charge in [0, 0.05) is 0 Å². The molecule has 0 radical (unpaired) electrons. The predicted octanol–water partition coefficient (Wildman–Crippen LogP) is 4.32. The molecule has 2 bridgehead atoms. The molecule has 3 rings (SSSR count). The lowest BCUT2D eigenvalue weighted by atomic mass is 9.78. The average Bonchev–Trinajstić information content (AvgIpc) is 3.09. The SMILES string of the molecule is CCC1CCCC(C)C1OCOC(=O)C1(C)CC2C=CC1C2. The van der Waals surface area contributed by atoms with E-state index in [0.29, 0.717) is 23.7 Å². The van der Waals surface area contributed by atoms with Crippen molar-refractivity contribution < 1.29 is 14.3 Å². The highest BCUT2D eigenvalue weighted by molar-refractivity contribution is 5.78. The Bertz CT molecular complexity index is 444. The maximum atomic E-state index is 12.5. The monoisotopic (exact) mass is 306 g/mol. The molecule has 6 atom stereocenters. The van der Waals surface area contributed by atoms with Crippen LogP contribution >= 0.6 is 0 Å². The van der Waals surface area contributed by atoms with Crippen molar-refractivity contribution in [2.75, 3.05) is 6.79 Å². The summed E-state index contributed by atoms with van der Waals surface area (Å²) in [6.07, 6.45) is 11.7. The van der Waals surface area contributed by atoms with Crippen LogP contribution in [-0.2, 0) is 14.3 Å². The van der Waals surface area contributed by atoms with Crippen LogP contribution in [0.4, 0.5) is 0 Å². The maximum Gasteiger partial charge on any atom is 0.314 e. The number of fused-ring (bicyclic) bond motifs is 2. The van der Waals surface area contributed by atoms with Crippen LogP contribution in [0.25, 0.3) is 0 Å². The van der Waals surface area contributed by atoms with Crippen molar-refractivity contribution in [2.24, 2.45) is 29.1 Å². The van der Waals surface area contributed by atoms with Crippen LogP contribution in [0.2, 0.25) is 0 Å². The van der Waals surface area contributed by atoms with Gasteiger partial charge in [-0.1, -0.05) is 38.8 Å². The molecule has 0 N–H and O–H groups in total. The second kappa shape index (κ2) is 6.35. The normalized spacial score (nSPS) is 43.5. The van der Waals surface area contributed by atoms with Crippen LogP contribution in [0.1, 0.15) is 59.3 Å². The van der Waals surface area contributed by atoms with E-state index in [9.17, 15) is 4.79 Å². The molecule has 3 heteroatoms. The van der Waals surface area contributed by atoms with Crippen LogP contribution in [0, 0.1) is 29.1 Å². The first-order chi connectivity index (χ1) is 10.5. The lowest BCUT2D eigenvalue weighted by Gasteiger charge is -2.36. The maximum absolute atomic E-state index is 12.5. The van der Waals surface area contributed by atoms with Crippen LogP contribution in [-0.4, -0.2) is 18.9 Å². The topological polar surface area (TPSA) is 35.5 Å². The summed E-state index contributed by atoms with van der Waals surface area (Å²) in [4.78, 5) is 12.5. The number of hydrogen-bond acceptors (Lipinski definition) is 3. The fourth-order valence-corrected chi connectivity index (χ4v) is 4.89. The van der Waals surface area contributed by atoms with Crippen molar-refractivity contribution in [1.29, 1.82) is 0 Å². The summed E-state index contributed by atoms with van der Waals surface area (Å²) < 4.78 is 11.5. The molecule has 0 spiro atoms. The molecule has 2 fully saturated rings. The summed E-state index contributed by atoms with van der Waals surface area (Å²) in [6, 6.07) is 0. The summed E-state index contributed by atoms with van der Waals surface area (Å²) in [5, 5.41) is 0. The van der Waals surface area contributed by atoms with Gasteiger partial charge in [0.15, 0.2) is 6.79 Å². The Morgan fingerprint density at radius 2 is 2.14 bits per heavy atom. The molecule has 0 heterocycles. The summed E-state index contributed by atoms with van der Waals surface area (Å²) in [6.45, 7) is 6.67. The Hall–Kier alpha value is -0.830. The van der Waals surface area contributed by atoms with Gasteiger partial charge < -0.3 is 9.47 Å². The van der Waals surface area contributed by atoms with Gasteiger partial charge in [-0.3, -0.25) is 4.79 Å². The van der Waals surface area contributed by atoms with E-state index in [1.165, 1.54) is 19.3 Å². The third-order valence-corrected chi connectivity index (χ3v) is 6.38. The van der Waals surface area contributed by atoms with Gasteiger partial charge in [-0.2, -0.15) is 0 Å². The van der Waals surface area contributed by atoms with Crippen LogP contribution in [0.3, 0.4) is 0 Å². The molecular weight excluding hydrogens is 276 g/mol. The first kappa shape index (κ1) is 16.0. The van der Waals surface area contributed by atoms with Gasteiger partial charge in [0.05, 0.1) is 11.5 Å². The van der Waals surface area contributed by atoms with E-state index in [1.807, 2.05) is 0 Å². The lowest BCUT2D eigenvalue weighted by Crippen LogP contribution is -2.37. The third kappa shape index (κ3) is 2.84. The number of esters is 1. The highest BCUT2D eigenvalue weighted by Gasteiger charge is 2.51. The van der Waals surface area contributed by atoms with Gasteiger partial charge in [0.25, 0.3) is 0 Å². The smallest absolute Gasteiger partial charge is 0.314 e. The number of rotatable bonds is 5. The van der Waals surface area contributed by atoms with Gasteiger partial charge in [0.2, 0.25) is 0 Å². The molecule has 0 aliphatic heterocycles. The third-order valence-electron chi connectivity index (χ3n) is 6.38. The van der Waals surface area contributed by atoms with Crippen molar-refractivity contribution in [2.45, 2.75) is 65.4 Å². The molecule has 3 aliphatic carbocycles. The van der Waals surface area contributed by atoms with E-state index < -0.39 is 0 Å². The molecule has 3 nitrogen and oxygen atoms in total. The zero-order chi connectivity index (χ0) is 15.7. The Morgan fingerprint density at radius 3 is 2.77 bits per heavy atom. The molecule has 2 saturated carbocycles. The van der Waals surface area contributed by atoms with Gasteiger partial charge >= 0.3 is 5.97 Å². The van der Waals surface area contributed by atoms with E-state index in [2.05, 4.69) is 32.9 Å². The number of carbonyl (C=O) groups excluding carboxylic acids is 1. The predicted molar refractivity (Wildman–Crippen MR) is 86.1 cm³/mol. The van der Waals surface area contributed by atoms with E-state index >= 15 is 0 Å². The number of ether oxygens (including phenoxy) is 2. The highest BCUT2D eigenvalue weighted by Crippen LogP contribution is 2.52. The fraction of sp³-hybridized carbons (Fsp3) is 0.842. The largest absolute Gasteiger partial charge is 0.438 e. The molecule has 0 aromatic heterocycles. The summed E-state index contributed by atoms with van der Waals surface area (Å²) in [7, 11) is 0. The molecule has 6 unspecified atom stereocenters. The highest BCUT2D eigenvalue weighted by atomic mass is 16.7. The number of hydrogen-bond donors (Lipinski definition) is 0. The first-order valence-electron chi connectivity index (χ1n) is 9.01. The van der Waals surface area contributed by atoms with Crippen molar-refractivity contribution in [3.63, 3.8) is 0 Å².